The van der Waals surface area contributed by atoms with Gasteiger partial charge in [-0.25, -0.2) is 13.1 Å². The molecule has 19 heavy (non-hydrogen) atoms. The molecule has 0 saturated heterocycles. The van der Waals surface area contributed by atoms with Gasteiger partial charge in [0.15, 0.2) is 0 Å². The van der Waals surface area contributed by atoms with Crippen LogP contribution < -0.4 is 4.72 Å². The number of sulfonamides is 1. The molecule has 1 aromatic rings. The second-order valence-electron chi connectivity index (χ2n) is 4.88. The fourth-order valence-corrected chi connectivity index (χ4v) is 4.15. The summed E-state index contributed by atoms with van der Waals surface area (Å²) in [6, 6.07) is 0. The van der Waals surface area contributed by atoms with E-state index >= 15 is 0 Å². The summed E-state index contributed by atoms with van der Waals surface area (Å²) >= 11 is 1.46. The minimum atomic E-state index is -3.65. The summed E-state index contributed by atoms with van der Waals surface area (Å²) in [4.78, 5) is 0.190. The van der Waals surface area contributed by atoms with E-state index in [1.165, 1.54) is 16.4 Å². The van der Waals surface area contributed by atoms with Crippen LogP contribution in [0.2, 0.25) is 0 Å². The van der Waals surface area contributed by atoms with Crippen LogP contribution in [0.4, 0.5) is 0 Å². The van der Waals surface area contributed by atoms with Crippen LogP contribution in [0.3, 0.4) is 0 Å². The number of hydrogen-bond donors (Lipinski definition) is 2. The van der Waals surface area contributed by atoms with Crippen molar-refractivity contribution in [1.82, 2.24) is 14.5 Å². The van der Waals surface area contributed by atoms with Crippen LogP contribution in [0.1, 0.15) is 18.3 Å². The predicted octanol–water partition coefficient (Wildman–Crippen LogP) is 0.429. The summed E-state index contributed by atoms with van der Waals surface area (Å²) in [5.74, 6) is 0.459. The van der Waals surface area contributed by atoms with Crippen molar-refractivity contribution in [2.75, 3.05) is 18.6 Å². The second kappa shape index (κ2) is 5.82. The van der Waals surface area contributed by atoms with E-state index in [9.17, 15) is 13.5 Å². The van der Waals surface area contributed by atoms with Crippen molar-refractivity contribution in [1.29, 1.82) is 0 Å². The van der Waals surface area contributed by atoms with Gasteiger partial charge >= 0.3 is 0 Å². The van der Waals surface area contributed by atoms with E-state index in [2.05, 4.69) is 9.82 Å². The monoisotopic (exact) mass is 307 g/mol. The number of rotatable bonds is 6. The highest BCUT2D eigenvalue weighted by Gasteiger charge is 2.27. The predicted molar refractivity (Wildman–Crippen MR) is 76.9 cm³/mol. The zero-order valence-corrected chi connectivity index (χ0v) is 13.5. The fourth-order valence-electron chi connectivity index (χ4n) is 1.83. The zero-order chi connectivity index (χ0) is 14.8. The average Bonchev–Trinajstić information content (AvgIpc) is 2.51. The third-order valence-corrected chi connectivity index (χ3v) is 5.37. The van der Waals surface area contributed by atoms with Gasteiger partial charge < -0.3 is 5.11 Å². The molecule has 1 rings (SSSR count). The van der Waals surface area contributed by atoms with Crippen LogP contribution in [0.5, 0.6) is 0 Å². The smallest absolute Gasteiger partial charge is 0.244 e. The van der Waals surface area contributed by atoms with Crippen molar-refractivity contribution in [2.24, 2.45) is 7.05 Å². The molecule has 0 saturated carbocycles. The Hall–Kier alpha value is -0.570. The van der Waals surface area contributed by atoms with E-state index < -0.39 is 15.6 Å². The molecular formula is C11H21N3O3S2. The maximum atomic E-state index is 12.3. The third kappa shape index (κ3) is 3.95. The van der Waals surface area contributed by atoms with Crippen LogP contribution in [0, 0.1) is 13.8 Å². The van der Waals surface area contributed by atoms with Crippen LogP contribution in [0.15, 0.2) is 4.90 Å². The van der Waals surface area contributed by atoms with Crippen molar-refractivity contribution in [3.05, 3.63) is 11.4 Å². The number of nitrogens with one attached hydrogen (secondary N) is 1. The number of thioether (sulfide) groups is 1. The van der Waals surface area contributed by atoms with Gasteiger partial charge in [0.1, 0.15) is 4.90 Å². The van der Waals surface area contributed by atoms with Crippen molar-refractivity contribution in [2.45, 2.75) is 31.3 Å². The SMILES string of the molecule is CSC[C@@](C)(O)CNS(=O)(=O)c1c(C)nn(C)c1C. The number of aromatic nitrogens is 2. The Morgan fingerprint density at radius 1 is 1.47 bits per heavy atom. The van der Waals surface area contributed by atoms with Gasteiger partial charge in [0.05, 0.1) is 17.0 Å². The molecule has 0 fully saturated rings. The lowest BCUT2D eigenvalue weighted by molar-refractivity contribution is 0.0908. The standard InChI is InChI=1S/C11H21N3O3S2/c1-8-10(9(2)14(4)13-8)19(16,17)12-6-11(3,15)7-18-5/h12,15H,6-7H2,1-5H3/t11-/m0/s1. The van der Waals surface area contributed by atoms with Crippen molar-refractivity contribution < 1.29 is 13.5 Å². The van der Waals surface area contributed by atoms with Gasteiger partial charge in [0.25, 0.3) is 0 Å². The lowest BCUT2D eigenvalue weighted by Gasteiger charge is -2.22. The Kier molecular flexibility index (Phi) is 5.05. The molecule has 1 heterocycles. The van der Waals surface area contributed by atoms with E-state index in [1.807, 2.05) is 6.26 Å². The molecule has 0 amide bonds. The van der Waals surface area contributed by atoms with E-state index in [-0.39, 0.29) is 11.4 Å². The maximum absolute atomic E-state index is 12.3. The first-order chi connectivity index (χ1) is 8.60. The molecule has 2 N–H and O–H groups in total. The van der Waals surface area contributed by atoms with E-state index in [4.69, 9.17) is 0 Å². The first kappa shape index (κ1) is 16.5. The molecule has 0 bridgehead atoms. The van der Waals surface area contributed by atoms with Crippen LogP contribution in [0.25, 0.3) is 0 Å². The highest BCUT2D eigenvalue weighted by atomic mass is 32.2. The van der Waals surface area contributed by atoms with Crippen LogP contribution in [-0.4, -0.2) is 47.5 Å². The Bertz CT molecular complexity index is 550. The van der Waals surface area contributed by atoms with E-state index in [0.29, 0.717) is 17.1 Å². The van der Waals surface area contributed by atoms with Crippen molar-refractivity contribution in [3.63, 3.8) is 0 Å². The van der Waals surface area contributed by atoms with Crippen molar-refractivity contribution in [3.8, 4) is 0 Å². The number of hydrogen-bond acceptors (Lipinski definition) is 5. The average molecular weight is 307 g/mol. The maximum Gasteiger partial charge on any atom is 0.244 e. The molecule has 0 spiro atoms. The largest absolute Gasteiger partial charge is 0.388 e. The quantitative estimate of drug-likeness (QED) is 0.796. The lowest BCUT2D eigenvalue weighted by Crippen LogP contribution is -2.42. The molecule has 0 aliphatic rings. The first-order valence-corrected chi connectivity index (χ1v) is 8.69. The number of aliphatic hydroxyl groups is 1. The Balaban J connectivity index is 2.94. The molecule has 0 aromatic carbocycles. The Labute approximate surface area is 118 Å². The molecule has 0 unspecified atom stereocenters. The highest BCUT2D eigenvalue weighted by Crippen LogP contribution is 2.19. The van der Waals surface area contributed by atoms with Gasteiger partial charge in [-0.05, 0) is 27.0 Å². The van der Waals surface area contributed by atoms with Crippen molar-refractivity contribution >= 4 is 21.8 Å². The summed E-state index contributed by atoms with van der Waals surface area (Å²) in [5.41, 5.74) is -0.0391. The summed E-state index contributed by atoms with van der Waals surface area (Å²) < 4.78 is 28.5. The van der Waals surface area contributed by atoms with Crippen LogP contribution >= 0.6 is 11.8 Å². The molecule has 6 nitrogen and oxygen atoms in total. The topological polar surface area (TPSA) is 84.2 Å². The molecule has 0 radical (unpaired) electrons. The molecular weight excluding hydrogens is 286 g/mol. The molecule has 8 heteroatoms. The van der Waals surface area contributed by atoms with Gasteiger partial charge in [-0.2, -0.15) is 16.9 Å². The highest BCUT2D eigenvalue weighted by molar-refractivity contribution is 7.98. The second-order valence-corrected chi connectivity index (χ2v) is 7.45. The molecule has 0 aliphatic heterocycles. The summed E-state index contributed by atoms with van der Waals surface area (Å²) in [7, 11) is -1.96. The normalized spacial score (nSPS) is 15.5. The fraction of sp³-hybridized carbons (Fsp3) is 0.727. The zero-order valence-electron chi connectivity index (χ0n) is 11.9. The molecule has 1 atom stereocenters. The molecule has 110 valence electrons. The van der Waals surface area contributed by atoms with Gasteiger partial charge in [-0.15, -0.1) is 0 Å². The van der Waals surface area contributed by atoms with Gasteiger partial charge in [-0.3, -0.25) is 4.68 Å². The molecule has 0 aliphatic carbocycles. The van der Waals surface area contributed by atoms with E-state index in [1.54, 1.807) is 27.8 Å². The Morgan fingerprint density at radius 2 is 2.05 bits per heavy atom. The van der Waals surface area contributed by atoms with Gasteiger partial charge in [-0.1, -0.05) is 0 Å². The number of nitrogens with zero attached hydrogens (tertiary/aromatic N) is 2. The van der Waals surface area contributed by atoms with Gasteiger partial charge in [0.2, 0.25) is 10.0 Å². The summed E-state index contributed by atoms with van der Waals surface area (Å²) in [5, 5.41) is 14.1. The lowest BCUT2D eigenvalue weighted by atomic mass is 10.1. The van der Waals surface area contributed by atoms with E-state index in [0.717, 1.165) is 0 Å². The molecule has 1 aromatic heterocycles. The minimum Gasteiger partial charge on any atom is -0.388 e. The third-order valence-electron chi connectivity index (χ3n) is 2.81. The van der Waals surface area contributed by atoms with Gasteiger partial charge in [0, 0.05) is 19.3 Å². The summed E-state index contributed by atoms with van der Waals surface area (Å²) in [6.45, 7) is 4.94. The first-order valence-electron chi connectivity index (χ1n) is 5.82. The summed E-state index contributed by atoms with van der Waals surface area (Å²) in [6.07, 6.45) is 1.86. The van der Waals surface area contributed by atoms with Crippen LogP contribution in [-0.2, 0) is 17.1 Å². The number of aryl methyl sites for hydroxylation is 2. The Morgan fingerprint density at radius 3 is 2.47 bits per heavy atom. The minimum absolute atomic E-state index is 0.0239.